The van der Waals surface area contributed by atoms with Gasteiger partial charge < -0.3 is 4.74 Å². The fraction of sp³-hybridized carbons (Fsp3) is 0.250. The summed E-state index contributed by atoms with van der Waals surface area (Å²) in [4.78, 5) is 11.1. The molecule has 0 aliphatic rings. The number of hydrogen-bond donors (Lipinski definition) is 0. The normalized spacial score (nSPS) is 8.93. The predicted molar refractivity (Wildman–Crippen MR) is 67.9 cm³/mol. The molecule has 0 aliphatic carbocycles. The molecule has 3 heteroatoms. The highest BCUT2D eigenvalue weighted by Gasteiger charge is 2.05. The number of carbonyl (C=O) groups excluding carboxylic acids is 1. The maximum absolute atomic E-state index is 11.1. The minimum Gasteiger partial charge on any atom is -0.469 e. The maximum Gasteiger partial charge on any atom is 0.310 e. The van der Waals surface area contributed by atoms with Crippen molar-refractivity contribution in [3.63, 3.8) is 0 Å². The van der Waals surface area contributed by atoms with Gasteiger partial charge in [-0.3, -0.25) is 4.79 Å². The third kappa shape index (κ3) is 3.92. The Morgan fingerprint density at radius 1 is 1.47 bits per heavy atom. The minimum absolute atomic E-state index is 0.237. The number of hydrogen-bond acceptors (Lipinski definition) is 2. The van der Waals surface area contributed by atoms with Gasteiger partial charge in [-0.25, -0.2) is 0 Å². The van der Waals surface area contributed by atoms with Gasteiger partial charge in [0.15, 0.2) is 0 Å². The summed E-state index contributed by atoms with van der Waals surface area (Å²) in [5.74, 6) is 5.77. The van der Waals surface area contributed by atoms with Crippen LogP contribution in [0, 0.1) is 11.8 Å². The van der Waals surface area contributed by atoms with Crippen molar-refractivity contribution in [2.75, 3.05) is 11.5 Å². The molecule has 0 saturated carbocycles. The zero-order valence-electron chi connectivity index (χ0n) is 8.42. The molecule has 0 bridgehead atoms. The predicted octanol–water partition coefficient (Wildman–Crippen LogP) is 2.19. The maximum atomic E-state index is 11.1. The molecule has 78 valence electrons. The van der Waals surface area contributed by atoms with Gasteiger partial charge in [-0.2, -0.15) is 0 Å². The highest BCUT2D eigenvalue weighted by atomic mass is 127. The Morgan fingerprint density at radius 3 is 2.87 bits per heavy atom. The van der Waals surface area contributed by atoms with Gasteiger partial charge in [-0.1, -0.05) is 52.6 Å². The summed E-state index contributed by atoms with van der Waals surface area (Å²) >= 11 is 2.19. The Labute approximate surface area is 103 Å². The van der Waals surface area contributed by atoms with Crippen molar-refractivity contribution in [1.82, 2.24) is 0 Å². The minimum atomic E-state index is -0.237. The summed E-state index contributed by atoms with van der Waals surface area (Å²) in [6, 6.07) is 7.62. The largest absolute Gasteiger partial charge is 0.469 e. The topological polar surface area (TPSA) is 26.3 Å². The molecule has 0 spiro atoms. The first-order valence-electron chi connectivity index (χ1n) is 4.47. The summed E-state index contributed by atoms with van der Waals surface area (Å²) in [6.07, 6.45) is 0.280. The molecule has 0 aliphatic heterocycles. The average molecular weight is 314 g/mol. The lowest BCUT2D eigenvalue weighted by molar-refractivity contribution is -0.139. The second-order valence-electron chi connectivity index (χ2n) is 2.85. The highest BCUT2D eigenvalue weighted by Crippen LogP contribution is 2.08. The van der Waals surface area contributed by atoms with Crippen LogP contribution in [0.25, 0.3) is 0 Å². The zero-order valence-corrected chi connectivity index (χ0v) is 10.6. The first kappa shape index (κ1) is 12.1. The second-order valence-corrected chi connectivity index (χ2v) is 3.61. The molecule has 15 heavy (non-hydrogen) atoms. The Morgan fingerprint density at radius 2 is 2.20 bits per heavy atom. The van der Waals surface area contributed by atoms with E-state index in [1.165, 1.54) is 7.11 Å². The number of ether oxygens (including phenoxy) is 1. The second kappa shape index (κ2) is 6.46. The first-order chi connectivity index (χ1) is 7.27. The van der Waals surface area contributed by atoms with E-state index in [1.54, 1.807) is 0 Å². The molecule has 0 atom stereocenters. The Kier molecular flexibility index (Phi) is 5.19. The van der Waals surface area contributed by atoms with Crippen LogP contribution < -0.4 is 0 Å². The van der Waals surface area contributed by atoms with Gasteiger partial charge in [0.1, 0.15) is 0 Å². The van der Waals surface area contributed by atoms with Gasteiger partial charge in [0, 0.05) is 5.56 Å². The van der Waals surface area contributed by atoms with E-state index in [9.17, 15) is 4.79 Å². The van der Waals surface area contributed by atoms with Gasteiger partial charge in [0.2, 0.25) is 0 Å². The monoisotopic (exact) mass is 314 g/mol. The number of carbonyl (C=O) groups is 1. The molecule has 0 unspecified atom stereocenters. The van der Waals surface area contributed by atoms with Gasteiger partial charge in [0.05, 0.1) is 18.0 Å². The van der Waals surface area contributed by atoms with Crippen molar-refractivity contribution in [2.45, 2.75) is 6.42 Å². The molecular formula is C12H11IO2. The van der Waals surface area contributed by atoms with Crippen LogP contribution in [0.3, 0.4) is 0 Å². The van der Waals surface area contributed by atoms with Crippen LogP contribution in [-0.4, -0.2) is 17.5 Å². The van der Waals surface area contributed by atoms with Crippen molar-refractivity contribution in [1.29, 1.82) is 0 Å². The average Bonchev–Trinajstić information content (AvgIpc) is 2.28. The van der Waals surface area contributed by atoms with Gasteiger partial charge in [-0.15, -0.1) is 0 Å². The fourth-order valence-corrected chi connectivity index (χ4v) is 1.34. The quantitative estimate of drug-likeness (QED) is 0.362. The van der Waals surface area contributed by atoms with E-state index in [0.717, 1.165) is 15.6 Å². The lowest BCUT2D eigenvalue weighted by Gasteiger charge is -2.02. The third-order valence-corrected chi connectivity index (χ3v) is 2.25. The molecule has 0 fully saturated rings. The number of esters is 1. The molecular weight excluding hydrogens is 303 g/mol. The third-order valence-electron chi connectivity index (χ3n) is 1.87. The first-order valence-corrected chi connectivity index (χ1v) is 6.00. The van der Waals surface area contributed by atoms with Crippen LogP contribution in [0.5, 0.6) is 0 Å². The van der Waals surface area contributed by atoms with Crippen molar-refractivity contribution in [2.24, 2.45) is 0 Å². The number of halogens is 1. The smallest absolute Gasteiger partial charge is 0.310 e. The summed E-state index contributed by atoms with van der Waals surface area (Å²) in [5.41, 5.74) is 1.82. The molecule has 0 radical (unpaired) electrons. The molecule has 0 aromatic heterocycles. The number of benzene rings is 1. The van der Waals surface area contributed by atoms with Crippen LogP contribution in [0.2, 0.25) is 0 Å². The molecule has 0 amide bonds. The van der Waals surface area contributed by atoms with Crippen LogP contribution in [0.15, 0.2) is 24.3 Å². The van der Waals surface area contributed by atoms with Crippen molar-refractivity contribution < 1.29 is 9.53 Å². The fourth-order valence-electron chi connectivity index (χ4n) is 1.15. The molecule has 0 N–H and O–H groups in total. The molecule has 2 nitrogen and oxygen atoms in total. The summed E-state index contributed by atoms with van der Waals surface area (Å²) in [5, 5.41) is 0. The molecule has 1 aromatic rings. The van der Waals surface area contributed by atoms with Crippen LogP contribution >= 0.6 is 22.6 Å². The lowest BCUT2D eigenvalue weighted by Crippen LogP contribution is -2.05. The zero-order chi connectivity index (χ0) is 11.1. The van der Waals surface area contributed by atoms with Crippen LogP contribution in [0.1, 0.15) is 11.1 Å². The van der Waals surface area contributed by atoms with E-state index in [2.05, 4.69) is 39.2 Å². The molecule has 1 aromatic carbocycles. The highest BCUT2D eigenvalue weighted by molar-refractivity contribution is 14.1. The van der Waals surface area contributed by atoms with E-state index < -0.39 is 0 Å². The van der Waals surface area contributed by atoms with E-state index in [0.29, 0.717) is 0 Å². The summed E-state index contributed by atoms with van der Waals surface area (Å²) < 4.78 is 5.41. The van der Waals surface area contributed by atoms with Crippen LogP contribution in [-0.2, 0) is 16.0 Å². The van der Waals surface area contributed by atoms with E-state index in [1.807, 2.05) is 24.3 Å². The molecule has 0 heterocycles. The van der Waals surface area contributed by atoms with Gasteiger partial charge >= 0.3 is 5.97 Å². The SMILES string of the molecule is COC(=O)Cc1ccccc1C#CCI. The Bertz CT molecular complexity index is 402. The van der Waals surface area contributed by atoms with Crippen molar-refractivity contribution >= 4 is 28.6 Å². The van der Waals surface area contributed by atoms with Crippen molar-refractivity contribution in [3.05, 3.63) is 35.4 Å². The van der Waals surface area contributed by atoms with E-state index in [-0.39, 0.29) is 12.4 Å². The number of alkyl halides is 1. The van der Waals surface area contributed by atoms with E-state index in [4.69, 9.17) is 0 Å². The molecule has 0 saturated heterocycles. The standard InChI is InChI=1S/C12H11IO2/c1-15-12(14)9-11-6-3-2-5-10(11)7-4-8-13/h2-3,5-6H,8-9H2,1H3. The number of rotatable bonds is 2. The Hall–Kier alpha value is -1.02. The van der Waals surface area contributed by atoms with Crippen LogP contribution in [0.4, 0.5) is 0 Å². The summed E-state index contributed by atoms with van der Waals surface area (Å²) in [6.45, 7) is 0. The molecule has 1 rings (SSSR count). The number of methoxy groups -OCH3 is 1. The van der Waals surface area contributed by atoms with Gasteiger partial charge in [-0.05, 0) is 11.6 Å². The summed E-state index contributed by atoms with van der Waals surface area (Å²) in [7, 11) is 1.39. The Balaban J connectivity index is 2.91. The lowest BCUT2D eigenvalue weighted by atomic mass is 10.1. The van der Waals surface area contributed by atoms with Crippen molar-refractivity contribution in [3.8, 4) is 11.8 Å². The van der Waals surface area contributed by atoms with E-state index >= 15 is 0 Å². The van der Waals surface area contributed by atoms with Gasteiger partial charge in [0.25, 0.3) is 0 Å².